The van der Waals surface area contributed by atoms with E-state index in [9.17, 15) is 4.79 Å². The third-order valence-electron chi connectivity index (χ3n) is 2.38. The predicted octanol–water partition coefficient (Wildman–Crippen LogP) is 0.348. The number of carbonyl (C=O) groups excluding carboxylic acids is 1. The summed E-state index contributed by atoms with van der Waals surface area (Å²) >= 11 is 0. The molecule has 0 aromatic heterocycles. The van der Waals surface area contributed by atoms with Crippen LogP contribution in [0.25, 0.3) is 0 Å². The Morgan fingerprint density at radius 2 is 2.11 bits per heavy atom. The van der Waals surface area contributed by atoms with Gasteiger partial charge in [0.2, 0.25) is 0 Å². The molecule has 0 radical (unpaired) electrons. The molecule has 0 spiro atoms. The summed E-state index contributed by atoms with van der Waals surface area (Å²) in [6.07, 6.45) is 0.112. The van der Waals surface area contributed by atoms with Gasteiger partial charge in [0, 0.05) is 5.56 Å². The van der Waals surface area contributed by atoms with E-state index in [-0.39, 0.29) is 12.0 Å². The lowest BCUT2D eigenvalue weighted by molar-refractivity contribution is -0.856. The third kappa shape index (κ3) is 5.19. The minimum absolute atomic E-state index is 0.0505. The molecule has 1 rings (SSSR count). The monoisotopic (exact) mass is 251 g/mol. The zero-order valence-electron chi connectivity index (χ0n) is 11.6. The Labute approximate surface area is 109 Å². The minimum atomic E-state index is -0.0505. The standard InChI is InChI=1S/C14H22N2O2/c1-11(2)18-13-7-5-6-12(10-13)14(17)15-8-9-16(3)4/h5-7,10-11H,8-9H2,1-4H3,(H,15,17)/p+1. The second-order valence-corrected chi connectivity index (χ2v) is 4.91. The van der Waals surface area contributed by atoms with Crippen molar-refractivity contribution in [2.75, 3.05) is 27.2 Å². The molecule has 0 aliphatic rings. The number of amides is 1. The summed E-state index contributed by atoms with van der Waals surface area (Å²) in [5.74, 6) is 0.682. The van der Waals surface area contributed by atoms with Crippen LogP contribution in [0.3, 0.4) is 0 Å². The van der Waals surface area contributed by atoms with Gasteiger partial charge in [0.1, 0.15) is 5.75 Å². The SMILES string of the molecule is CC(C)Oc1cccc(C(=O)NCC[NH+](C)C)c1. The summed E-state index contributed by atoms with van der Waals surface area (Å²) < 4.78 is 5.56. The van der Waals surface area contributed by atoms with E-state index in [4.69, 9.17) is 4.74 Å². The molecule has 1 aromatic carbocycles. The van der Waals surface area contributed by atoms with Crippen LogP contribution in [0.4, 0.5) is 0 Å². The molecule has 4 nitrogen and oxygen atoms in total. The molecule has 0 unspecified atom stereocenters. The maximum Gasteiger partial charge on any atom is 0.251 e. The topological polar surface area (TPSA) is 42.8 Å². The number of nitrogens with one attached hydrogen (secondary N) is 2. The fourth-order valence-electron chi connectivity index (χ4n) is 1.51. The third-order valence-corrected chi connectivity index (χ3v) is 2.38. The van der Waals surface area contributed by atoms with Crippen molar-refractivity contribution in [3.8, 4) is 5.75 Å². The van der Waals surface area contributed by atoms with E-state index < -0.39 is 0 Å². The first kappa shape index (κ1) is 14.5. The molecule has 4 heteroatoms. The Bertz CT molecular complexity index is 389. The number of likely N-dealkylation sites (N-methyl/N-ethyl adjacent to an activating group) is 1. The highest BCUT2D eigenvalue weighted by atomic mass is 16.5. The van der Waals surface area contributed by atoms with Crippen LogP contribution >= 0.6 is 0 Å². The lowest BCUT2D eigenvalue weighted by Gasteiger charge is -2.11. The first-order valence-corrected chi connectivity index (χ1v) is 6.33. The fraction of sp³-hybridized carbons (Fsp3) is 0.500. The Hall–Kier alpha value is -1.55. The molecule has 0 heterocycles. The normalized spacial score (nSPS) is 10.8. The molecule has 0 saturated heterocycles. The van der Waals surface area contributed by atoms with Gasteiger partial charge in [-0.25, -0.2) is 0 Å². The van der Waals surface area contributed by atoms with Gasteiger partial charge in [0.15, 0.2) is 0 Å². The average molecular weight is 251 g/mol. The van der Waals surface area contributed by atoms with Gasteiger partial charge in [-0.1, -0.05) is 6.07 Å². The van der Waals surface area contributed by atoms with Crippen LogP contribution in [0, 0.1) is 0 Å². The van der Waals surface area contributed by atoms with E-state index in [0.29, 0.717) is 12.1 Å². The lowest BCUT2D eigenvalue weighted by Crippen LogP contribution is -3.06. The van der Waals surface area contributed by atoms with Crippen molar-refractivity contribution in [1.82, 2.24) is 5.32 Å². The Morgan fingerprint density at radius 1 is 1.39 bits per heavy atom. The van der Waals surface area contributed by atoms with E-state index >= 15 is 0 Å². The molecule has 100 valence electrons. The number of benzene rings is 1. The second-order valence-electron chi connectivity index (χ2n) is 4.91. The van der Waals surface area contributed by atoms with Gasteiger partial charge in [0.25, 0.3) is 5.91 Å². The van der Waals surface area contributed by atoms with Crippen molar-refractivity contribution in [3.63, 3.8) is 0 Å². The van der Waals surface area contributed by atoms with Gasteiger partial charge in [-0.15, -0.1) is 0 Å². The highest BCUT2D eigenvalue weighted by Gasteiger charge is 2.07. The van der Waals surface area contributed by atoms with Crippen LogP contribution < -0.4 is 15.0 Å². The number of carbonyl (C=O) groups is 1. The number of rotatable bonds is 6. The molecule has 1 aromatic rings. The van der Waals surface area contributed by atoms with E-state index in [2.05, 4.69) is 19.4 Å². The molecule has 0 atom stereocenters. The van der Waals surface area contributed by atoms with Crippen molar-refractivity contribution in [1.29, 1.82) is 0 Å². The van der Waals surface area contributed by atoms with Gasteiger partial charge in [-0.3, -0.25) is 4.79 Å². The molecule has 0 saturated carbocycles. The number of quaternary nitrogens is 1. The zero-order valence-corrected chi connectivity index (χ0v) is 11.6. The van der Waals surface area contributed by atoms with Crippen LogP contribution in [-0.4, -0.2) is 39.2 Å². The molecular weight excluding hydrogens is 228 g/mol. The second kappa shape index (κ2) is 7.01. The summed E-state index contributed by atoms with van der Waals surface area (Å²) in [5, 5.41) is 2.90. The highest BCUT2D eigenvalue weighted by molar-refractivity contribution is 5.94. The molecule has 2 N–H and O–H groups in total. The van der Waals surface area contributed by atoms with Gasteiger partial charge >= 0.3 is 0 Å². The van der Waals surface area contributed by atoms with E-state index in [1.165, 1.54) is 4.90 Å². The van der Waals surface area contributed by atoms with E-state index in [1.54, 1.807) is 12.1 Å². The fourth-order valence-corrected chi connectivity index (χ4v) is 1.51. The maximum atomic E-state index is 11.9. The summed E-state index contributed by atoms with van der Waals surface area (Å²) in [4.78, 5) is 13.2. The molecule has 0 aliphatic carbocycles. The molecule has 0 bridgehead atoms. The first-order valence-electron chi connectivity index (χ1n) is 6.33. The number of hydrogen-bond acceptors (Lipinski definition) is 2. The van der Waals surface area contributed by atoms with Crippen LogP contribution in [0.5, 0.6) is 5.75 Å². The van der Waals surface area contributed by atoms with Crippen molar-refractivity contribution in [3.05, 3.63) is 29.8 Å². The number of hydrogen-bond donors (Lipinski definition) is 2. The average Bonchev–Trinajstić information content (AvgIpc) is 2.27. The molecule has 1 amide bonds. The highest BCUT2D eigenvalue weighted by Crippen LogP contribution is 2.14. The van der Waals surface area contributed by atoms with Crippen LogP contribution in [-0.2, 0) is 0 Å². The van der Waals surface area contributed by atoms with Crippen LogP contribution in [0.1, 0.15) is 24.2 Å². The van der Waals surface area contributed by atoms with Crippen LogP contribution in [0.2, 0.25) is 0 Å². The Kier molecular flexibility index (Phi) is 5.65. The predicted molar refractivity (Wildman–Crippen MR) is 72.2 cm³/mol. The number of ether oxygens (including phenoxy) is 1. The minimum Gasteiger partial charge on any atom is -0.491 e. The van der Waals surface area contributed by atoms with Gasteiger partial charge in [-0.05, 0) is 32.0 Å². The quantitative estimate of drug-likeness (QED) is 0.766. The summed E-state index contributed by atoms with van der Waals surface area (Å²) in [6, 6.07) is 7.27. The van der Waals surface area contributed by atoms with Crippen molar-refractivity contribution < 1.29 is 14.4 Å². The van der Waals surface area contributed by atoms with E-state index in [0.717, 1.165) is 12.3 Å². The van der Waals surface area contributed by atoms with E-state index in [1.807, 2.05) is 26.0 Å². The van der Waals surface area contributed by atoms with Gasteiger partial charge in [-0.2, -0.15) is 0 Å². The Morgan fingerprint density at radius 3 is 2.72 bits per heavy atom. The van der Waals surface area contributed by atoms with Crippen molar-refractivity contribution >= 4 is 5.91 Å². The van der Waals surface area contributed by atoms with Crippen LogP contribution in [0.15, 0.2) is 24.3 Å². The molecule has 0 aliphatic heterocycles. The zero-order chi connectivity index (χ0) is 13.5. The molecule has 18 heavy (non-hydrogen) atoms. The Balaban J connectivity index is 2.57. The van der Waals surface area contributed by atoms with Crippen molar-refractivity contribution in [2.24, 2.45) is 0 Å². The smallest absolute Gasteiger partial charge is 0.251 e. The lowest BCUT2D eigenvalue weighted by atomic mass is 10.2. The summed E-state index contributed by atoms with van der Waals surface area (Å²) in [6.45, 7) is 5.52. The van der Waals surface area contributed by atoms with Crippen molar-refractivity contribution in [2.45, 2.75) is 20.0 Å². The summed E-state index contributed by atoms with van der Waals surface area (Å²) in [7, 11) is 4.12. The molecule has 0 fully saturated rings. The first-order chi connectivity index (χ1) is 8.49. The largest absolute Gasteiger partial charge is 0.491 e. The van der Waals surface area contributed by atoms with Gasteiger partial charge in [0.05, 0.1) is 33.3 Å². The van der Waals surface area contributed by atoms with Gasteiger partial charge < -0.3 is 15.0 Å². The summed E-state index contributed by atoms with van der Waals surface area (Å²) in [5.41, 5.74) is 0.641. The molecular formula is C14H23N2O2+. The maximum absolute atomic E-state index is 11.9.